The van der Waals surface area contributed by atoms with E-state index in [0.717, 1.165) is 39.0 Å². The highest BCUT2D eigenvalue weighted by Crippen LogP contribution is 2.29. The van der Waals surface area contributed by atoms with E-state index in [9.17, 15) is 18.4 Å². The van der Waals surface area contributed by atoms with Crippen LogP contribution in [0.15, 0.2) is 48.5 Å². The number of rotatable bonds is 7. The van der Waals surface area contributed by atoms with E-state index in [2.05, 4.69) is 46.0 Å². The molecule has 0 radical (unpaired) electrons. The Morgan fingerprint density at radius 2 is 1.50 bits per heavy atom. The summed E-state index contributed by atoms with van der Waals surface area (Å²) in [6.07, 6.45) is -0.379. The molecule has 0 bridgehead atoms. The second-order valence-corrected chi connectivity index (χ2v) is 9.26. The summed E-state index contributed by atoms with van der Waals surface area (Å²) in [7, 11) is 0. The first-order valence-corrected chi connectivity index (χ1v) is 11.7. The Bertz CT molecular complexity index is 1180. The van der Waals surface area contributed by atoms with Crippen LogP contribution >= 0.6 is 0 Å². The number of halogens is 2. The average molecular weight is 494 g/mol. The first-order chi connectivity index (χ1) is 17.2. The van der Waals surface area contributed by atoms with Crippen LogP contribution in [0.2, 0.25) is 0 Å². The number of nitrogens with zero attached hydrogens (tertiary/aromatic N) is 1. The van der Waals surface area contributed by atoms with Gasteiger partial charge in [0.25, 0.3) is 11.8 Å². The molecule has 0 aliphatic carbocycles. The third kappa shape index (κ3) is 7.14. The standard InChI is InChI=1S/C28H29F2N3O3/c1-28(2,27(29)30)24(26(35)32-36)31-25(34)23-15-13-21(14-16-23)8-4-3-7-20-9-11-22(12-10-20)19-33-17-5-6-18-33/h9-16,24,27,36H,5-6,17-19H2,1-2H3,(H,31,34)(H,32,35)/t24-/m1/s1. The number of hydrogen-bond donors (Lipinski definition) is 3. The minimum absolute atomic E-state index is 0.154. The summed E-state index contributed by atoms with van der Waals surface area (Å²) in [4.78, 5) is 26.8. The molecular formula is C28H29F2N3O3. The summed E-state index contributed by atoms with van der Waals surface area (Å²) in [5.74, 6) is 9.62. The van der Waals surface area contributed by atoms with Crippen LogP contribution in [0.5, 0.6) is 0 Å². The summed E-state index contributed by atoms with van der Waals surface area (Å²) in [5.41, 5.74) is 2.32. The second-order valence-electron chi connectivity index (χ2n) is 9.26. The summed E-state index contributed by atoms with van der Waals surface area (Å²) < 4.78 is 26.7. The third-order valence-corrected chi connectivity index (χ3v) is 6.14. The van der Waals surface area contributed by atoms with Gasteiger partial charge in [-0.3, -0.25) is 19.7 Å². The molecule has 0 aromatic heterocycles. The maximum atomic E-state index is 13.4. The number of hydroxylamine groups is 1. The fourth-order valence-corrected chi connectivity index (χ4v) is 3.80. The summed E-state index contributed by atoms with van der Waals surface area (Å²) in [6.45, 7) is 5.52. The largest absolute Gasteiger partial charge is 0.339 e. The molecule has 2 aromatic rings. The Morgan fingerprint density at radius 3 is 2.00 bits per heavy atom. The smallest absolute Gasteiger partial charge is 0.266 e. The minimum Gasteiger partial charge on any atom is -0.339 e. The Kier molecular flexibility index (Phi) is 9.19. The summed E-state index contributed by atoms with van der Waals surface area (Å²) >= 11 is 0. The predicted molar refractivity (Wildman–Crippen MR) is 132 cm³/mol. The van der Waals surface area contributed by atoms with Crippen molar-refractivity contribution in [1.29, 1.82) is 0 Å². The minimum atomic E-state index is -2.91. The molecule has 1 saturated heterocycles. The molecule has 0 spiro atoms. The van der Waals surface area contributed by atoms with Crippen molar-refractivity contribution in [3.8, 4) is 23.7 Å². The molecule has 3 N–H and O–H groups in total. The fourth-order valence-electron chi connectivity index (χ4n) is 3.80. The van der Waals surface area contributed by atoms with Gasteiger partial charge in [0.2, 0.25) is 6.43 Å². The van der Waals surface area contributed by atoms with Gasteiger partial charge in [0.15, 0.2) is 0 Å². The molecule has 3 rings (SSSR count). The molecular weight excluding hydrogens is 464 g/mol. The number of likely N-dealkylation sites (tertiary alicyclic amines) is 1. The Morgan fingerprint density at radius 1 is 0.972 bits per heavy atom. The lowest BCUT2D eigenvalue weighted by atomic mass is 9.84. The van der Waals surface area contributed by atoms with Crippen LogP contribution in [0.25, 0.3) is 0 Å². The highest BCUT2D eigenvalue weighted by Gasteiger charge is 2.43. The van der Waals surface area contributed by atoms with Crippen molar-refractivity contribution in [3.63, 3.8) is 0 Å². The molecule has 1 fully saturated rings. The van der Waals surface area contributed by atoms with Crippen molar-refractivity contribution in [2.75, 3.05) is 13.1 Å². The van der Waals surface area contributed by atoms with Crippen molar-refractivity contribution in [2.24, 2.45) is 5.41 Å². The van der Waals surface area contributed by atoms with Crippen LogP contribution in [0.1, 0.15) is 53.7 Å². The zero-order chi connectivity index (χ0) is 26.1. The van der Waals surface area contributed by atoms with Crippen molar-refractivity contribution in [1.82, 2.24) is 15.7 Å². The second kappa shape index (κ2) is 12.3. The van der Waals surface area contributed by atoms with Gasteiger partial charge in [-0.1, -0.05) is 37.8 Å². The van der Waals surface area contributed by atoms with Crippen LogP contribution in [0.4, 0.5) is 8.78 Å². The monoisotopic (exact) mass is 493 g/mol. The first-order valence-electron chi connectivity index (χ1n) is 11.7. The molecule has 1 aliphatic heterocycles. The summed E-state index contributed by atoms with van der Waals surface area (Å²) in [5, 5.41) is 11.2. The molecule has 36 heavy (non-hydrogen) atoms. The molecule has 8 heteroatoms. The van der Waals surface area contributed by atoms with E-state index in [-0.39, 0.29) is 5.56 Å². The van der Waals surface area contributed by atoms with Gasteiger partial charge in [0.1, 0.15) is 6.04 Å². The van der Waals surface area contributed by atoms with Gasteiger partial charge in [-0.25, -0.2) is 14.3 Å². The molecule has 1 heterocycles. The van der Waals surface area contributed by atoms with E-state index in [4.69, 9.17) is 5.21 Å². The van der Waals surface area contributed by atoms with E-state index in [1.807, 2.05) is 12.1 Å². The Balaban J connectivity index is 1.60. The van der Waals surface area contributed by atoms with E-state index < -0.39 is 29.7 Å². The summed E-state index contributed by atoms with van der Waals surface area (Å²) in [6, 6.07) is 12.6. The van der Waals surface area contributed by atoms with Gasteiger partial charge in [-0.2, -0.15) is 0 Å². The van der Waals surface area contributed by atoms with Crippen LogP contribution in [0, 0.1) is 29.1 Å². The van der Waals surface area contributed by atoms with Crippen LogP contribution < -0.4 is 10.8 Å². The quantitative estimate of drug-likeness (QED) is 0.313. The maximum Gasteiger partial charge on any atom is 0.266 e. The normalized spacial score (nSPS) is 14.3. The van der Waals surface area contributed by atoms with Crippen LogP contribution in [-0.4, -0.2) is 47.5 Å². The van der Waals surface area contributed by atoms with Crippen molar-refractivity contribution in [3.05, 3.63) is 70.8 Å². The molecule has 1 aliphatic rings. The van der Waals surface area contributed by atoms with E-state index >= 15 is 0 Å². The lowest BCUT2D eigenvalue weighted by molar-refractivity contribution is -0.137. The number of nitrogens with one attached hydrogen (secondary N) is 2. The first kappa shape index (κ1) is 26.9. The lowest BCUT2D eigenvalue weighted by Gasteiger charge is -2.32. The van der Waals surface area contributed by atoms with Gasteiger partial charge >= 0.3 is 0 Å². The maximum absolute atomic E-state index is 13.4. The highest BCUT2D eigenvalue weighted by atomic mass is 19.3. The molecule has 1 atom stereocenters. The SMILES string of the molecule is CC(C)(C(F)F)[C@H](NC(=O)c1ccc(C#CC#Cc2ccc(CN3CCCC3)cc2)cc1)C(=O)NO. The number of carbonyl (C=O) groups is 2. The molecule has 2 aromatic carbocycles. The molecule has 0 unspecified atom stereocenters. The van der Waals surface area contributed by atoms with Gasteiger partial charge in [-0.15, -0.1) is 0 Å². The van der Waals surface area contributed by atoms with Crippen molar-refractivity contribution < 1.29 is 23.6 Å². The van der Waals surface area contributed by atoms with Crippen LogP contribution in [0.3, 0.4) is 0 Å². The topological polar surface area (TPSA) is 81.7 Å². The number of hydrogen-bond acceptors (Lipinski definition) is 4. The molecule has 2 amide bonds. The highest BCUT2D eigenvalue weighted by molar-refractivity contribution is 5.97. The van der Waals surface area contributed by atoms with Crippen LogP contribution in [-0.2, 0) is 11.3 Å². The molecule has 0 saturated carbocycles. The van der Waals surface area contributed by atoms with Crippen molar-refractivity contribution >= 4 is 11.8 Å². The Labute approximate surface area is 210 Å². The number of benzene rings is 2. The number of carbonyl (C=O) groups excluding carboxylic acids is 2. The van der Waals surface area contributed by atoms with Gasteiger partial charge in [0, 0.05) is 23.2 Å². The van der Waals surface area contributed by atoms with E-state index in [0.29, 0.717) is 5.56 Å². The molecule has 6 nitrogen and oxygen atoms in total. The fraction of sp³-hybridized carbons (Fsp3) is 0.357. The van der Waals surface area contributed by atoms with Gasteiger partial charge in [-0.05, 0) is 79.7 Å². The van der Waals surface area contributed by atoms with E-state index in [1.165, 1.54) is 36.0 Å². The zero-order valence-corrected chi connectivity index (χ0v) is 20.3. The zero-order valence-electron chi connectivity index (χ0n) is 20.3. The predicted octanol–water partition coefficient (Wildman–Crippen LogP) is 3.58. The third-order valence-electron chi connectivity index (χ3n) is 6.14. The van der Waals surface area contributed by atoms with E-state index in [1.54, 1.807) is 12.1 Å². The number of alkyl halides is 2. The van der Waals surface area contributed by atoms with Gasteiger partial charge < -0.3 is 5.32 Å². The number of amides is 2. The Hall–Kier alpha value is -3.72. The average Bonchev–Trinajstić information content (AvgIpc) is 3.38. The van der Waals surface area contributed by atoms with Gasteiger partial charge in [0.05, 0.1) is 5.41 Å². The lowest BCUT2D eigenvalue weighted by Crippen LogP contribution is -2.56. The molecule has 188 valence electrons. The van der Waals surface area contributed by atoms with Crippen molar-refractivity contribution in [2.45, 2.75) is 45.7 Å².